The molecule has 47 heteroatoms. The quantitative estimate of drug-likeness (QED) is 0.0203. The minimum absolute atomic E-state index is 0. The zero-order chi connectivity index (χ0) is 95.5. The number of nitrogens with one attached hydrogen (secondary N) is 3. The van der Waals surface area contributed by atoms with Crippen molar-refractivity contribution in [1.82, 2.24) is 94.3 Å². The van der Waals surface area contributed by atoms with Gasteiger partial charge < -0.3 is 47.0 Å². The van der Waals surface area contributed by atoms with Crippen LogP contribution in [0.4, 0.5) is 9.59 Å². The number of pyridine rings is 8. The molecule has 3 amide bonds. The second-order valence-electron chi connectivity index (χ2n) is 19.4. The molecule has 0 aliphatic heterocycles. The summed E-state index contributed by atoms with van der Waals surface area (Å²) >= 11 is 42.3. The number of aromatic nitrogens is 16. The number of alkyl carbamates (subject to hydrolysis) is 1. The number of carbonyl (C=O) groups is 2. The molecule has 0 saturated heterocycles. The van der Waals surface area contributed by atoms with Crippen molar-refractivity contribution in [2.45, 2.75) is 95.1 Å². The van der Waals surface area contributed by atoms with Crippen LogP contribution in [0.2, 0.25) is 0 Å². The first-order chi connectivity index (χ1) is 58.9. The molecule has 0 saturated carbocycles. The molecular formula is C80H123Cl3I9N22O5S5V3-2. The van der Waals surface area contributed by atoms with Gasteiger partial charge in [-0.1, -0.05) is 256 Å². The molecule has 0 spiro atoms. The fourth-order valence-electron chi connectivity index (χ4n) is 6.41. The van der Waals surface area contributed by atoms with Crippen molar-refractivity contribution in [1.29, 1.82) is 0 Å². The van der Waals surface area contributed by atoms with Crippen LogP contribution in [0.5, 0.6) is 0 Å². The second kappa shape index (κ2) is 114. The van der Waals surface area contributed by atoms with Gasteiger partial charge in [-0.2, -0.15) is 0 Å². The molecule has 0 unspecified atom stereocenters. The standard InChI is InChI=1S/3C8H9N3S.C8H9N3.C6H6.4C5H5N.C4H6Cl3NO2.C3H8N2O.C2H5I.C2H6S2.2C2H6.CHI3.CH3NO2.2CH5N.CH4.2CH3.5HI.3V/c3*1-6-9-10-8-4-3-7(12-2)5-11(6)8;1-6-3-4-8-10-9-7(2)11(8)5-6;5*1-2-4-6-5-3-1;1-8-3(9)10-2-4(5,6)7;1-4-3(6)5-2;1-2-3;1-3-4-2;2*1-2;2-1(3)4;1-2(3)4;2*1-2;;;;;;;;;;;/h3*3-5H,1-2H3;3-5H,1-2H3;1-6H;4*1-5H;2H2,1H3,(H,8,9);1-2H3,(H2,4,5,6);2H2,1H3;1-2H3;2*1-2H3;1H;1H3;2*2H2,1H3;1H4;2*1H3;5*1H;;;/q;;;;;;;;;;;;;;;;;;;;2*-1;;;;;;;+2;+3/p-5. The monoisotopic (exact) mass is 3030 g/mol. The minimum atomic E-state index is -1.54. The topological polar surface area (TPSA) is 347 Å². The summed E-state index contributed by atoms with van der Waals surface area (Å²) in [5.74, 6) is 3.73. The molecule has 714 valence electrons. The van der Waals surface area contributed by atoms with E-state index in [1.165, 1.54) is 45.8 Å². The molecule has 7 N–H and O–H groups in total. The Morgan fingerprint density at radius 2 is 0.685 bits per heavy atom. The number of hydrogen-bond acceptors (Lipinski definition) is 24. The summed E-state index contributed by atoms with van der Waals surface area (Å²) in [5.41, 5.74) is 13.9. The van der Waals surface area contributed by atoms with Gasteiger partial charge >= 0.3 is 126 Å². The number of benzene rings is 1. The number of nitro groups is 1. The third-order valence-electron chi connectivity index (χ3n) is 11.2. The van der Waals surface area contributed by atoms with E-state index < -0.39 is 14.8 Å². The number of amides is 3. The van der Waals surface area contributed by atoms with Crippen LogP contribution in [0.25, 0.3) is 22.6 Å². The van der Waals surface area contributed by atoms with E-state index in [-0.39, 0.29) is 58.4 Å². The van der Waals surface area contributed by atoms with Crippen molar-refractivity contribution in [2.24, 2.45) is 11.5 Å². The van der Waals surface area contributed by atoms with Crippen LogP contribution in [-0.4, -0.2) is 184 Å². The van der Waals surface area contributed by atoms with Crippen molar-refractivity contribution >= 4 is 317 Å². The summed E-state index contributed by atoms with van der Waals surface area (Å²) < 4.78 is 12.8. The number of carbonyl (C=O) groups excluding carboxylic acids is 2. The molecule has 27 nitrogen and oxygen atoms in total. The fraction of sp³-hybridized carbons (Fsp3) is 0.325. The van der Waals surface area contributed by atoms with E-state index in [0.717, 1.165) is 52.9 Å². The first-order valence-electron chi connectivity index (χ1n) is 35.4. The number of nitrogens with two attached hydrogens (primary N) is 2. The number of hydrogen-bond donors (Lipinski definition) is 5. The van der Waals surface area contributed by atoms with Crippen LogP contribution in [0.1, 0.15) is 70.9 Å². The molecule has 1 aromatic carbocycles. The molecule has 13 aromatic rings. The Morgan fingerprint density at radius 3 is 0.835 bits per heavy atom. The summed E-state index contributed by atoms with van der Waals surface area (Å²) in [6.07, 6.45) is 31.9. The first kappa shape index (κ1) is 152. The number of aryl methyl sites for hydroxylation is 5. The number of rotatable bonds is 5. The molecular weight excluding hydrogens is 2910 g/mol. The van der Waals surface area contributed by atoms with Gasteiger partial charge in [0.25, 0.3) is 0 Å². The maximum Gasteiger partial charge on any atom is 0.0267 e. The van der Waals surface area contributed by atoms with Gasteiger partial charge in [-0.15, -0.1) is 76.1 Å². The van der Waals surface area contributed by atoms with Gasteiger partial charge in [-0.3, -0.25) is 47.7 Å². The maximum absolute atomic E-state index is 10.3. The number of thioether (sulfide) groups is 3. The van der Waals surface area contributed by atoms with E-state index in [1.807, 2.05) is 237 Å². The van der Waals surface area contributed by atoms with E-state index in [1.54, 1.807) is 121 Å². The largest absolute Gasteiger partial charge is 0.265 e. The predicted molar refractivity (Wildman–Crippen MR) is 622 cm³/mol. The summed E-state index contributed by atoms with van der Waals surface area (Å²) in [6, 6.07) is 50.8. The number of alkyl halides is 7. The third kappa shape index (κ3) is 102. The molecule has 0 aliphatic rings. The Labute approximate surface area is 925 Å². The van der Waals surface area contributed by atoms with Gasteiger partial charge in [0.2, 0.25) is 3.79 Å². The van der Waals surface area contributed by atoms with E-state index >= 15 is 0 Å². The summed E-state index contributed by atoms with van der Waals surface area (Å²) in [6.45, 7) is 19.7. The smallest absolute Gasteiger partial charge is 0.0267 e. The zero-order valence-corrected chi connectivity index (χ0v) is 105. The van der Waals surface area contributed by atoms with Crippen LogP contribution < -0.4 is 27.4 Å². The van der Waals surface area contributed by atoms with Gasteiger partial charge in [0.05, 0.1) is 0 Å². The van der Waals surface area contributed by atoms with Gasteiger partial charge in [-0.05, 0) is 181 Å². The zero-order valence-electron chi connectivity index (χ0n) is 74.6. The molecule has 12 heterocycles. The van der Waals surface area contributed by atoms with Crippen LogP contribution in [0, 0.1) is 59.6 Å². The maximum atomic E-state index is 10.3. The van der Waals surface area contributed by atoms with Gasteiger partial charge in [0.15, 0.2) is 29.6 Å². The average Bonchev–Trinajstić information content (AvgIpc) is 1.72. The van der Waals surface area contributed by atoms with E-state index in [4.69, 9.17) is 44.9 Å². The third-order valence-corrected chi connectivity index (χ3v) is 15.0. The van der Waals surface area contributed by atoms with Crippen molar-refractivity contribution in [2.75, 3.05) is 84.6 Å². The van der Waals surface area contributed by atoms with Crippen LogP contribution >= 0.6 is 282 Å². The Hall–Kier alpha value is -0.897. The number of fused-ring (bicyclic) bond motifs is 4. The van der Waals surface area contributed by atoms with Crippen molar-refractivity contribution < 1.29 is 52.2 Å². The SMILES string of the molecule is C.CC.CC.CCI.CN.CN.CNC(=O)NC.CNC(=O)OCC(Cl)(Cl)Cl.CSSC.CSc1ccc2nnc(C)n2c1.CSc1ccc2nnc(C)n2c1.CSc1ccc2nnc(C)n2c1.C[N+](=O)[O-].Cc1ccc2nnc(C)n2c1.IC(I)I.[CH3-].[CH3-].[I][V]([I])[I].[I][V][I].[V].c1ccccc1.c1ccncc1.c1ccncc1.c1ccncc1.c1ccncc1. The molecule has 0 fully saturated rings. The van der Waals surface area contributed by atoms with Crippen LogP contribution in [-0.2, 0) is 37.7 Å². The Morgan fingerprint density at radius 1 is 0.488 bits per heavy atom. The fourth-order valence-corrected chi connectivity index (χ4v) is 7.82. The van der Waals surface area contributed by atoms with E-state index in [9.17, 15) is 9.59 Å². The summed E-state index contributed by atoms with van der Waals surface area (Å²) in [7, 11) is 12.6. The van der Waals surface area contributed by atoms with Crippen LogP contribution in [0.3, 0.4) is 0 Å². The number of nitrogens with zero attached hydrogens (tertiary/aromatic N) is 17. The van der Waals surface area contributed by atoms with Gasteiger partial charge in [0.1, 0.15) is 29.8 Å². The Balaban J connectivity index is -0.000000112. The average molecular weight is 3030 g/mol. The molecule has 13 rings (SSSR count). The van der Waals surface area contributed by atoms with Gasteiger partial charge in [0, 0.05) is 134 Å². The number of halogens is 12. The van der Waals surface area contributed by atoms with Crippen molar-refractivity contribution in [3.63, 3.8) is 0 Å². The molecule has 1 radical (unpaired) electrons. The minimum Gasteiger partial charge on any atom is -0.265 e. The Bertz CT molecular complexity index is 3890. The molecule has 0 atom stereocenters. The Kier molecular flexibility index (Phi) is 136. The van der Waals surface area contributed by atoms with Crippen LogP contribution in [0.15, 0.2) is 247 Å². The normalized spacial score (nSPS) is 8.51. The summed E-state index contributed by atoms with van der Waals surface area (Å²) in [5, 5.41) is 47.6. The van der Waals surface area contributed by atoms with E-state index in [2.05, 4.69) is 347 Å². The number of urea groups is 1. The molecule has 0 bridgehead atoms. The molecule has 12 aromatic heterocycles. The van der Waals surface area contributed by atoms with Gasteiger partial charge in [-0.25, -0.2) is 9.59 Å². The molecule has 127 heavy (non-hydrogen) atoms. The predicted octanol–water partition coefficient (Wildman–Crippen LogP) is 26.6. The van der Waals surface area contributed by atoms with Crippen molar-refractivity contribution in [3.05, 3.63) is 286 Å². The van der Waals surface area contributed by atoms with E-state index in [0.29, 0.717) is 9.47 Å². The summed E-state index contributed by atoms with van der Waals surface area (Å²) in [4.78, 5) is 47.2. The number of ether oxygens (including phenoxy) is 1. The van der Waals surface area contributed by atoms with Crippen molar-refractivity contribution in [3.8, 4) is 0 Å². The molecule has 0 aliphatic carbocycles. The second-order valence-corrected chi connectivity index (χ2v) is 86.8. The first-order valence-corrected chi connectivity index (χ1v) is 71.0.